The quantitative estimate of drug-likeness (QED) is 0.857. The predicted octanol–water partition coefficient (Wildman–Crippen LogP) is 2.50. The van der Waals surface area contributed by atoms with E-state index in [1.54, 1.807) is 23.1 Å². The highest BCUT2D eigenvalue weighted by molar-refractivity contribution is 7.07. The van der Waals surface area contributed by atoms with Gasteiger partial charge in [-0.3, -0.25) is 14.9 Å². The number of nitrogens with one attached hydrogen (secondary N) is 1. The summed E-state index contributed by atoms with van der Waals surface area (Å²) in [6, 6.07) is 4.30. The molecule has 7 nitrogen and oxygen atoms in total. The van der Waals surface area contributed by atoms with E-state index in [1.807, 2.05) is 17.2 Å². The molecule has 0 bridgehead atoms. The zero-order chi connectivity index (χ0) is 17.6. The van der Waals surface area contributed by atoms with Crippen LogP contribution in [0.2, 0.25) is 0 Å². The van der Waals surface area contributed by atoms with Gasteiger partial charge in [-0.15, -0.1) is 0 Å². The van der Waals surface area contributed by atoms with Gasteiger partial charge in [0, 0.05) is 51.6 Å². The second-order valence-electron chi connectivity index (χ2n) is 6.14. The summed E-state index contributed by atoms with van der Waals surface area (Å²) in [6.45, 7) is 6.71. The summed E-state index contributed by atoms with van der Waals surface area (Å²) in [5, 5.41) is 11.5. The largest absolute Gasteiger partial charge is 0.383 e. The number of hydrogen-bond donors (Lipinski definition) is 1. The second-order valence-corrected chi connectivity index (χ2v) is 6.92. The maximum Gasteiger partial charge on any atom is 0.323 e. The van der Waals surface area contributed by atoms with Crippen molar-refractivity contribution in [2.75, 3.05) is 45.2 Å². The van der Waals surface area contributed by atoms with Crippen molar-refractivity contribution in [3.8, 4) is 0 Å². The minimum atomic E-state index is -0.0835. The lowest BCUT2D eigenvalue weighted by Crippen LogP contribution is -2.50. The molecule has 3 heterocycles. The number of nitrogens with zero attached hydrogens (tertiary/aromatic N) is 4. The number of ether oxygens (including phenoxy) is 1. The van der Waals surface area contributed by atoms with Gasteiger partial charge in [0.1, 0.15) is 0 Å². The molecule has 1 fully saturated rings. The molecule has 1 aliphatic rings. The zero-order valence-electron chi connectivity index (χ0n) is 14.7. The number of anilines is 1. The fourth-order valence-electron chi connectivity index (χ4n) is 2.96. The summed E-state index contributed by atoms with van der Waals surface area (Å²) in [7, 11) is 1.66. The molecule has 0 saturated carbocycles. The smallest absolute Gasteiger partial charge is 0.323 e. The number of piperazine rings is 1. The maximum absolute atomic E-state index is 12.4. The molecule has 1 saturated heterocycles. The van der Waals surface area contributed by atoms with Crippen LogP contribution < -0.4 is 5.32 Å². The predicted molar refractivity (Wildman–Crippen MR) is 99.0 cm³/mol. The maximum atomic E-state index is 12.4. The van der Waals surface area contributed by atoms with Gasteiger partial charge in [0.05, 0.1) is 13.2 Å². The van der Waals surface area contributed by atoms with E-state index in [1.165, 1.54) is 5.56 Å². The van der Waals surface area contributed by atoms with Crippen LogP contribution in [0.1, 0.15) is 18.5 Å². The molecule has 8 heteroatoms. The van der Waals surface area contributed by atoms with E-state index in [2.05, 4.69) is 39.1 Å². The van der Waals surface area contributed by atoms with E-state index < -0.39 is 0 Å². The van der Waals surface area contributed by atoms with Crippen molar-refractivity contribution in [3.05, 3.63) is 34.7 Å². The van der Waals surface area contributed by atoms with Crippen LogP contribution in [-0.4, -0.2) is 65.5 Å². The second kappa shape index (κ2) is 8.46. The van der Waals surface area contributed by atoms with E-state index in [0.717, 1.165) is 26.2 Å². The molecule has 1 atom stereocenters. The standard InChI is InChI=1S/C17H25N5O2S/c1-14(15-4-12-25-13-15)20-6-8-21(9-7-20)17(23)18-16-3-5-22(19-16)10-11-24-2/h3-5,12-14H,6-11H2,1-2H3,(H,18,19,23). The van der Waals surface area contributed by atoms with Crippen molar-refractivity contribution in [3.63, 3.8) is 0 Å². The number of carbonyl (C=O) groups excluding carboxylic acids is 1. The average Bonchev–Trinajstić information content (AvgIpc) is 3.31. The Balaban J connectivity index is 1.47. The minimum absolute atomic E-state index is 0.0835. The first-order valence-corrected chi connectivity index (χ1v) is 9.46. The molecule has 0 aromatic carbocycles. The molecular weight excluding hydrogens is 338 g/mol. The average molecular weight is 363 g/mol. The molecule has 136 valence electrons. The van der Waals surface area contributed by atoms with Crippen molar-refractivity contribution < 1.29 is 9.53 Å². The molecule has 0 radical (unpaired) electrons. The summed E-state index contributed by atoms with van der Waals surface area (Å²) in [6.07, 6.45) is 1.84. The van der Waals surface area contributed by atoms with Crippen LogP contribution in [0.5, 0.6) is 0 Å². The van der Waals surface area contributed by atoms with Crippen LogP contribution in [0.4, 0.5) is 10.6 Å². The highest BCUT2D eigenvalue weighted by Crippen LogP contribution is 2.23. The Labute approximate surface area is 152 Å². The summed E-state index contributed by atoms with van der Waals surface area (Å²) in [4.78, 5) is 16.7. The molecule has 1 aliphatic heterocycles. The van der Waals surface area contributed by atoms with Crippen molar-refractivity contribution in [2.45, 2.75) is 19.5 Å². The first kappa shape index (κ1) is 17.9. The number of aromatic nitrogens is 2. The Morgan fingerprint density at radius 3 is 2.84 bits per heavy atom. The number of rotatable bonds is 6. The lowest BCUT2D eigenvalue weighted by Gasteiger charge is -2.37. The third-order valence-electron chi connectivity index (χ3n) is 4.57. The van der Waals surface area contributed by atoms with Crippen molar-refractivity contribution in [1.82, 2.24) is 19.6 Å². The number of hydrogen-bond acceptors (Lipinski definition) is 5. The van der Waals surface area contributed by atoms with Gasteiger partial charge in [0.25, 0.3) is 0 Å². The number of thiophene rings is 1. The van der Waals surface area contributed by atoms with Crippen molar-refractivity contribution >= 4 is 23.2 Å². The Morgan fingerprint density at radius 1 is 1.36 bits per heavy atom. The minimum Gasteiger partial charge on any atom is -0.383 e. The van der Waals surface area contributed by atoms with Gasteiger partial charge < -0.3 is 9.64 Å². The third kappa shape index (κ3) is 4.59. The summed E-state index contributed by atoms with van der Waals surface area (Å²) >= 11 is 1.73. The van der Waals surface area contributed by atoms with Gasteiger partial charge in [-0.2, -0.15) is 16.4 Å². The van der Waals surface area contributed by atoms with E-state index in [-0.39, 0.29) is 6.03 Å². The Hall–Kier alpha value is -1.90. The summed E-state index contributed by atoms with van der Waals surface area (Å²) in [5.74, 6) is 0.579. The SMILES string of the molecule is COCCn1ccc(NC(=O)N2CCN(C(C)c3ccsc3)CC2)n1. The van der Waals surface area contributed by atoms with E-state index in [4.69, 9.17) is 4.74 Å². The number of carbonyl (C=O) groups is 1. The molecule has 25 heavy (non-hydrogen) atoms. The molecule has 0 aliphatic carbocycles. The van der Waals surface area contributed by atoms with Crippen LogP contribution >= 0.6 is 11.3 Å². The molecule has 0 spiro atoms. The van der Waals surface area contributed by atoms with Gasteiger partial charge in [0.15, 0.2) is 5.82 Å². The Kier molecular flexibility index (Phi) is 6.06. The third-order valence-corrected chi connectivity index (χ3v) is 5.28. The van der Waals surface area contributed by atoms with Crippen molar-refractivity contribution in [2.24, 2.45) is 0 Å². The van der Waals surface area contributed by atoms with Crippen molar-refractivity contribution in [1.29, 1.82) is 0 Å². The molecule has 2 aromatic rings. The fraction of sp³-hybridized carbons (Fsp3) is 0.529. The van der Waals surface area contributed by atoms with Gasteiger partial charge in [-0.25, -0.2) is 4.79 Å². The fourth-order valence-corrected chi connectivity index (χ4v) is 3.71. The summed E-state index contributed by atoms with van der Waals surface area (Å²) < 4.78 is 6.79. The Bertz CT molecular complexity index is 664. The molecule has 2 amide bonds. The highest BCUT2D eigenvalue weighted by Gasteiger charge is 2.25. The van der Waals surface area contributed by atoms with Crippen LogP contribution in [0, 0.1) is 0 Å². The summed E-state index contributed by atoms with van der Waals surface area (Å²) in [5.41, 5.74) is 1.35. The van der Waals surface area contributed by atoms with Gasteiger partial charge in [-0.1, -0.05) is 0 Å². The molecule has 1 unspecified atom stereocenters. The van der Waals surface area contributed by atoms with Crippen LogP contribution in [-0.2, 0) is 11.3 Å². The lowest BCUT2D eigenvalue weighted by molar-refractivity contribution is 0.119. The highest BCUT2D eigenvalue weighted by atomic mass is 32.1. The van der Waals surface area contributed by atoms with Crippen LogP contribution in [0.3, 0.4) is 0 Å². The van der Waals surface area contributed by atoms with Gasteiger partial charge in [-0.05, 0) is 29.3 Å². The van der Waals surface area contributed by atoms with E-state index >= 15 is 0 Å². The monoisotopic (exact) mass is 363 g/mol. The molecule has 2 aromatic heterocycles. The topological polar surface area (TPSA) is 62.6 Å². The zero-order valence-corrected chi connectivity index (χ0v) is 15.5. The number of methoxy groups -OCH3 is 1. The number of amides is 2. The lowest BCUT2D eigenvalue weighted by atomic mass is 10.1. The van der Waals surface area contributed by atoms with Gasteiger partial charge >= 0.3 is 6.03 Å². The number of urea groups is 1. The molecule has 3 rings (SSSR count). The first-order chi connectivity index (χ1) is 12.2. The van der Waals surface area contributed by atoms with Crippen LogP contribution in [0.25, 0.3) is 0 Å². The van der Waals surface area contributed by atoms with E-state index in [0.29, 0.717) is 25.0 Å². The van der Waals surface area contributed by atoms with Crippen LogP contribution in [0.15, 0.2) is 29.1 Å². The van der Waals surface area contributed by atoms with E-state index in [9.17, 15) is 4.79 Å². The van der Waals surface area contributed by atoms with Gasteiger partial charge in [0.2, 0.25) is 0 Å². The molecule has 1 N–H and O–H groups in total. The normalized spacial score (nSPS) is 16.8. The Morgan fingerprint density at radius 2 is 2.16 bits per heavy atom. The first-order valence-electron chi connectivity index (χ1n) is 8.52. The molecular formula is C17H25N5O2S.